The van der Waals surface area contributed by atoms with Gasteiger partial charge in [0.15, 0.2) is 0 Å². The van der Waals surface area contributed by atoms with Crippen molar-refractivity contribution < 1.29 is 19.1 Å². The fourth-order valence-electron chi connectivity index (χ4n) is 2.57. The molecule has 3 rings (SSSR count). The van der Waals surface area contributed by atoms with Gasteiger partial charge in [0, 0.05) is 5.56 Å². The number of aryl methyl sites for hydroxylation is 1. The summed E-state index contributed by atoms with van der Waals surface area (Å²) in [6, 6.07) is 11.6. The van der Waals surface area contributed by atoms with Crippen molar-refractivity contribution >= 4 is 17.4 Å². The standard InChI is InChI=1S/C18H14FNO3/c1-10-5-7-11(8-6-10)16(21)14-15(20-18(23)17(14)22)12-3-2-4-13(19)9-12/h2-9,15,21H,1H3,(H,20,23)/b16-14+/t15-/m0/s1. The van der Waals surface area contributed by atoms with Crippen LogP contribution in [0, 0.1) is 12.7 Å². The zero-order valence-electron chi connectivity index (χ0n) is 12.3. The molecule has 1 amide bonds. The van der Waals surface area contributed by atoms with Gasteiger partial charge in [0.25, 0.3) is 11.7 Å². The molecular formula is C18H14FNO3. The number of amides is 1. The number of halogens is 1. The van der Waals surface area contributed by atoms with Crippen LogP contribution in [0.15, 0.2) is 54.1 Å². The number of rotatable bonds is 2. The first-order chi connectivity index (χ1) is 11.0. The Morgan fingerprint density at radius 3 is 2.48 bits per heavy atom. The predicted octanol–water partition coefficient (Wildman–Crippen LogP) is 2.84. The molecular weight excluding hydrogens is 297 g/mol. The molecule has 1 aliphatic rings. The van der Waals surface area contributed by atoms with E-state index in [0.29, 0.717) is 11.1 Å². The number of carbonyl (C=O) groups excluding carboxylic acids is 2. The van der Waals surface area contributed by atoms with Crippen molar-refractivity contribution in [3.05, 3.63) is 76.6 Å². The van der Waals surface area contributed by atoms with Gasteiger partial charge in [-0.1, -0.05) is 42.0 Å². The van der Waals surface area contributed by atoms with Crippen molar-refractivity contribution in [2.75, 3.05) is 0 Å². The van der Waals surface area contributed by atoms with Gasteiger partial charge in [-0.3, -0.25) is 9.59 Å². The van der Waals surface area contributed by atoms with Crippen molar-refractivity contribution in [2.24, 2.45) is 0 Å². The average Bonchev–Trinajstić information content (AvgIpc) is 2.83. The zero-order valence-corrected chi connectivity index (χ0v) is 12.3. The molecule has 4 nitrogen and oxygen atoms in total. The fraction of sp³-hybridized carbons (Fsp3) is 0.111. The smallest absolute Gasteiger partial charge is 0.293 e. The van der Waals surface area contributed by atoms with Crippen LogP contribution < -0.4 is 5.32 Å². The summed E-state index contributed by atoms with van der Waals surface area (Å²) >= 11 is 0. The minimum Gasteiger partial charge on any atom is -0.507 e. The van der Waals surface area contributed by atoms with Gasteiger partial charge in [-0.15, -0.1) is 0 Å². The highest BCUT2D eigenvalue weighted by atomic mass is 19.1. The lowest BCUT2D eigenvalue weighted by atomic mass is 9.95. The zero-order chi connectivity index (χ0) is 16.6. The molecule has 0 aromatic heterocycles. The van der Waals surface area contributed by atoms with Crippen LogP contribution in [0.25, 0.3) is 5.76 Å². The average molecular weight is 311 g/mol. The van der Waals surface area contributed by atoms with E-state index in [4.69, 9.17) is 0 Å². The van der Waals surface area contributed by atoms with E-state index in [1.54, 1.807) is 30.3 Å². The molecule has 116 valence electrons. The van der Waals surface area contributed by atoms with Crippen LogP contribution in [0.5, 0.6) is 0 Å². The topological polar surface area (TPSA) is 66.4 Å². The maximum atomic E-state index is 13.4. The van der Waals surface area contributed by atoms with E-state index in [9.17, 15) is 19.1 Å². The summed E-state index contributed by atoms with van der Waals surface area (Å²) in [4.78, 5) is 23.9. The van der Waals surface area contributed by atoms with Gasteiger partial charge >= 0.3 is 0 Å². The molecule has 1 fully saturated rings. The molecule has 0 radical (unpaired) electrons. The van der Waals surface area contributed by atoms with Crippen molar-refractivity contribution in [3.8, 4) is 0 Å². The second kappa shape index (κ2) is 5.68. The Hall–Kier alpha value is -2.95. The Labute approximate surface area is 132 Å². The Morgan fingerprint density at radius 1 is 1.13 bits per heavy atom. The van der Waals surface area contributed by atoms with Crippen LogP contribution in [-0.2, 0) is 9.59 Å². The molecule has 0 unspecified atom stereocenters. The third-order valence-electron chi connectivity index (χ3n) is 3.78. The number of hydrogen-bond acceptors (Lipinski definition) is 3. The number of nitrogens with one attached hydrogen (secondary N) is 1. The normalized spacial score (nSPS) is 19.7. The number of benzene rings is 2. The molecule has 1 atom stereocenters. The van der Waals surface area contributed by atoms with Gasteiger partial charge in [0.2, 0.25) is 0 Å². The molecule has 1 aliphatic heterocycles. The molecule has 0 saturated carbocycles. The maximum absolute atomic E-state index is 13.4. The van der Waals surface area contributed by atoms with Crippen LogP contribution in [0.4, 0.5) is 4.39 Å². The summed E-state index contributed by atoms with van der Waals surface area (Å²) < 4.78 is 13.4. The summed E-state index contributed by atoms with van der Waals surface area (Å²) in [7, 11) is 0. The SMILES string of the molecule is Cc1ccc(/C(O)=C2\C(=O)C(=O)N[C@H]2c2cccc(F)c2)cc1. The van der Waals surface area contributed by atoms with E-state index in [2.05, 4.69) is 5.32 Å². The van der Waals surface area contributed by atoms with Crippen molar-refractivity contribution in [3.63, 3.8) is 0 Å². The van der Waals surface area contributed by atoms with Crippen molar-refractivity contribution in [2.45, 2.75) is 13.0 Å². The largest absolute Gasteiger partial charge is 0.507 e. The highest BCUT2D eigenvalue weighted by Crippen LogP contribution is 2.33. The Morgan fingerprint density at radius 2 is 1.83 bits per heavy atom. The molecule has 0 spiro atoms. The molecule has 1 saturated heterocycles. The first-order valence-electron chi connectivity index (χ1n) is 7.08. The van der Waals surface area contributed by atoms with Crippen LogP contribution in [0.1, 0.15) is 22.7 Å². The Balaban J connectivity index is 2.12. The summed E-state index contributed by atoms with van der Waals surface area (Å²) in [5.74, 6) is -2.38. The maximum Gasteiger partial charge on any atom is 0.293 e. The number of carbonyl (C=O) groups is 2. The highest BCUT2D eigenvalue weighted by Gasteiger charge is 2.39. The van der Waals surface area contributed by atoms with Crippen molar-refractivity contribution in [1.82, 2.24) is 5.32 Å². The second-order valence-corrected chi connectivity index (χ2v) is 5.42. The number of aliphatic hydroxyl groups excluding tert-OH is 1. The minimum absolute atomic E-state index is 0.0653. The molecule has 5 heteroatoms. The van der Waals surface area contributed by atoms with E-state index in [1.165, 1.54) is 18.2 Å². The number of ketones is 1. The van der Waals surface area contributed by atoms with Crippen LogP contribution >= 0.6 is 0 Å². The molecule has 0 bridgehead atoms. The molecule has 2 aromatic rings. The Bertz CT molecular complexity index is 824. The monoisotopic (exact) mass is 311 g/mol. The fourth-order valence-corrected chi connectivity index (χ4v) is 2.57. The van der Waals surface area contributed by atoms with Crippen LogP contribution in [0.3, 0.4) is 0 Å². The van der Waals surface area contributed by atoms with E-state index in [1.807, 2.05) is 6.92 Å². The first kappa shape index (κ1) is 15.0. The van der Waals surface area contributed by atoms with Gasteiger partial charge in [-0.05, 0) is 24.6 Å². The van der Waals surface area contributed by atoms with Gasteiger partial charge in [-0.25, -0.2) is 4.39 Å². The van der Waals surface area contributed by atoms with Crippen molar-refractivity contribution in [1.29, 1.82) is 0 Å². The van der Waals surface area contributed by atoms with Gasteiger partial charge < -0.3 is 10.4 Å². The lowest BCUT2D eigenvalue weighted by Crippen LogP contribution is -2.21. The van der Waals surface area contributed by atoms with E-state index >= 15 is 0 Å². The minimum atomic E-state index is -0.869. The number of Topliss-reactive ketones (excluding diaryl/α,β-unsaturated/α-hetero) is 1. The Kier molecular flexibility index (Phi) is 3.70. The molecule has 2 aromatic carbocycles. The summed E-state index contributed by atoms with van der Waals surface area (Å²) in [5.41, 5.74) is 1.76. The molecule has 2 N–H and O–H groups in total. The van der Waals surface area contributed by atoms with Gasteiger partial charge in [0.1, 0.15) is 11.6 Å². The third kappa shape index (κ3) is 2.73. The predicted molar refractivity (Wildman–Crippen MR) is 83.0 cm³/mol. The quantitative estimate of drug-likeness (QED) is 0.509. The number of hydrogen-bond donors (Lipinski definition) is 2. The first-order valence-corrected chi connectivity index (χ1v) is 7.08. The molecule has 1 heterocycles. The summed E-state index contributed by atoms with van der Waals surface area (Å²) in [6.07, 6.45) is 0. The van der Waals surface area contributed by atoms with E-state index in [-0.39, 0.29) is 11.3 Å². The highest BCUT2D eigenvalue weighted by molar-refractivity contribution is 6.46. The summed E-state index contributed by atoms with van der Waals surface area (Å²) in [6.45, 7) is 1.90. The summed E-state index contributed by atoms with van der Waals surface area (Å²) in [5, 5.41) is 13.0. The van der Waals surface area contributed by atoms with E-state index < -0.39 is 23.5 Å². The van der Waals surface area contributed by atoms with Gasteiger partial charge in [-0.2, -0.15) is 0 Å². The van der Waals surface area contributed by atoms with Gasteiger partial charge in [0.05, 0.1) is 11.6 Å². The van der Waals surface area contributed by atoms with Crippen LogP contribution in [0.2, 0.25) is 0 Å². The lowest BCUT2D eigenvalue weighted by molar-refractivity contribution is -0.133. The number of aliphatic hydroxyl groups is 1. The molecule has 23 heavy (non-hydrogen) atoms. The lowest BCUT2D eigenvalue weighted by Gasteiger charge is -2.13. The molecule has 0 aliphatic carbocycles. The second-order valence-electron chi connectivity index (χ2n) is 5.42. The van der Waals surface area contributed by atoms with E-state index in [0.717, 1.165) is 5.56 Å². The third-order valence-corrected chi connectivity index (χ3v) is 3.78. The van der Waals surface area contributed by atoms with Crippen LogP contribution in [-0.4, -0.2) is 16.8 Å².